The van der Waals surface area contributed by atoms with Crippen LogP contribution < -0.4 is 10.5 Å². The van der Waals surface area contributed by atoms with Crippen molar-refractivity contribution in [3.63, 3.8) is 0 Å². The fraction of sp³-hybridized carbons (Fsp3) is 0.333. The Bertz CT molecular complexity index is 315. The van der Waals surface area contributed by atoms with Gasteiger partial charge in [-0.25, -0.2) is 4.39 Å². The van der Waals surface area contributed by atoms with Gasteiger partial charge in [0.2, 0.25) is 0 Å². The summed E-state index contributed by atoms with van der Waals surface area (Å²) in [7, 11) is 0. The van der Waals surface area contributed by atoms with Gasteiger partial charge in [0.25, 0.3) is 0 Å². The summed E-state index contributed by atoms with van der Waals surface area (Å²) in [5.41, 5.74) is 5.68. The molecule has 0 aliphatic carbocycles. The van der Waals surface area contributed by atoms with Crippen molar-refractivity contribution in [3.05, 3.63) is 23.0 Å². The summed E-state index contributed by atoms with van der Waals surface area (Å²) in [4.78, 5) is 0. The van der Waals surface area contributed by atoms with Crippen LogP contribution in [0.1, 0.15) is 13.8 Å². The smallest absolute Gasteiger partial charge is 0.144 e. The zero-order chi connectivity index (χ0) is 10.0. The molecule has 0 amide bonds. The lowest BCUT2D eigenvalue weighted by molar-refractivity contribution is 0.243. The molecule has 0 fully saturated rings. The molecule has 0 radical (unpaired) electrons. The van der Waals surface area contributed by atoms with Crippen LogP contribution in [0.25, 0.3) is 0 Å². The largest absolute Gasteiger partial charge is 0.489 e. The monoisotopic (exact) mass is 203 g/mol. The van der Waals surface area contributed by atoms with E-state index in [9.17, 15) is 4.39 Å². The van der Waals surface area contributed by atoms with Gasteiger partial charge < -0.3 is 10.5 Å². The average Bonchev–Trinajstić information content (AvgIpc) is 2.06. The number of nitrogens with two attached hydrogens (primary N) is 1. The Morgan fingerprint density at radius 3 is 2.62 bits per heavy atom. The lowest BCUT2D eigenvalue weighted by Gasteiger charge is -2.12. The van der Waals surface area contributed by atoms with Crippen LogP contribution in [0.2, 0.25) is 5.02 Å². The number of hydrogen-bond donors (Lipinski definition) is 1. The van der Waals surface area contributed by atoms with E-state index >= 15 is 0 Å². The quantitative estimate of drug-likeness (QED) is 0.751. The van der Waals surface area contributed by atoms with Crippen molar-refractivity contribution in [3.8, 4) is 5.75 Å². The number of rotatable bonds is 2. The minimum absolute atomic E-state index is 0.0103. The maximum absolute atomic E-state index is 12.8. The molecule has 2 N–H and O–H groups in total. The molecular weight excluding hydrogens is 193 g/mol. The van der Waals surface area contributed by atoms with Crippen LogP contribution in [-0.4, -0.2) is 6.10 Å². The first kappa shape index (κ1) is 10.1. The van der Waals surface area contributed by atoms with Crippen LogP contribution >= 0.6 is 11.6 Å². The normalized spacial score (nSPS) is 10.5. The van der Waals surface area contributed by atoms with E-state index in [0.29, 0.717) is 5.75 Å². The Hall–Kier alpha value is -0.960. The minimum Gasteiger partial charge on any atom is -0.489 e. The first-order valence-corrected chi connectivity index (χ1v) is 4.30. The lowest BCUT2D eigenvalue weighted by Crippen LogP contribution is -2.07. The molecule has 4 heteroatoms. The molecule has 72 valence electrons. The standard InChI is InChI=1S/C9H11ClFNO/c1-5(2)13-7-4-3-6(11)8(10)9(7)12/h3-5H,12H2,1-2H3. The molecule has 0 heterocycles. The number of hydrogen-bond acceptors (Lipinski definition) is 2. The highest BCUT2D eigenvalue weighted by molar-refractivity contribution is 6.33. The van der Waals surface area contributed by atoms with Gasteiger partial charge in [-0.2, -0.15) is 0 Å². The zero-order valence-corrected chi connectivity index (χ0v) is 8.23. The Kier molecular flexibility index (Phi) is 2.98. The van der Waals surface area contributed by atoms with Gasteiger partial charge >= 0.3 is 0 Å². The van der Waals surface area contributed by atoms with E-state index in [-0.39, 0.29) is 16.8 Å². The molecule has 0 bridgehead atoms. The van der Waals surface area contributed by atoms with E-state index in [2.05, 4.69) is 0 Å². The second kappa shape index (κ2) is 3.83. The van der Waals surface area contributed by atoms with Gasteiger partial charge in [-0.05, 0) is 26.0 Å². The Labute approximate surface area is 81.4 Å². The molecule has 1 aromatic carbocycles. The third kappa shape index (κ3) is 2.25. The molecule has 0 atom stereocenters. The molecule has 0 aromatic heterocycles. The second-order valence-electron chi connectivity index (χ2n) is 2.94. The number of halogens is 2. The molecular formula is C9H11ClFNO. The van der Waals surface area contributed by atoms with E-state index < -0.39 is 5.82 Å². The first-order valence-electron chi connectivity index (χ1n) is 3.92. The summed E-state index contributed by atoms with van der Waals surface area (Å²) >= 11 is 5.59. The molecule has 0 unspecified atom stereocenters. The number of ether oxygens (including phenoxy) is 1. The zero-order valence-electron chi connectivity index (χ0n) is 7.47. The van der Waals surface area contributed by atoms with E-state index in [0.717, 1.165) is 0 Å². The summed E-state index contributed by atoms with van der Waals surface area (Å²) in [5, 5.41) is -0.0850. The van der Waals surface area contributed by atoms with Crippen molar-refractivity contribution in [1.29, 1.82) is 0 Å². The van der Waals surface area contributed by atoms with Crippen LogP contribution in [-0.2, 0) is 0 Å². The van der Waals surface area contributed by atoms with Gasteiger partial charge in [0.15, 0.2) is 0 Å². The van der Waals surface area contributed by atoms with Crippen LogP contribution in [0, 0.1) is 5.82 Å². The second-order valence-corrected chi connectivity index (χ2v) is 3.32. The molecule has 0 saturated carbocycles. The minimum atomic E-state index is -0.532. The van der Waals surface area contributed by atoms with Crippen LogP contribution in [0.3, 0.4) is 0 Å². The van der Waals surface area contributed by atoms with Crippen molar-refractivity contribution < 1.29 is 9.13 Å². The topological polar surface area (TPSA) is 35.2 Å². The maximum Gasteiger partial charge on any atom is 0.144 e. The number of benzene rings is 1. The molecule has 13 heavy (non-hydrogen) atoms. The fourth-order valence-corrected chi connectivity index (χ4v) is 1.06. The third-order valence-electron chi connectivity index (χ3n) is 1.46. The highest BCUT2D eigenvalue weighted by atomic mass is 35.5. The lowest BCUT2D eigenvalue weighted by atomic mass is 10.3. The van der Waals surface area contributed by atoms with Gasteiger partial charge in [-0.15, -0.1) is 0 Å². The molecule has 0 spiro atoms. The van der Waals surface area contributed by atoms with Crippen molar-refractivity contribution in [2.45, 2.75) is 20.0 Å². The molecule has 1 rings (SSSR count). The Morgan fingerprint density at radius 1 is 1.46 bits per heavy atom. The maximum atomic E-state index is 12.8. The van der Waals surface area contributed by atoms with E-state index in [1.54, 1.807) is 0 Å². The van der Waals surface area contributed by atoms with Gasteiger partial charge in [-0.3, -0.25) is 0 Å². The van der Waals surface area contributed by atoms with Crippen molar-refractivity contribution in [2.75, 3.05) is 5.73 Å². The van der Waals surface area contributed by atoms with E-state index in [4.69, 9.17) is 22.1 Å². The van der Waals surface area contributed by atoms with Crippen LogP contribution in [0.15, 0.2) is 12.1 Å². The summed E-state index contributed by atoms with van der Waals surface area (Å²) in [6.07, 6.45) is -0.0103. The predicted molar refractivity (Wildman–Crippen MR) is 51.6 cm³/mol. The van der Waals surface area contributed by atoms with Gasteiger partial charge in [0.05, 0.1) is 11.8 Å². The van der Waals surface area contributed by atoms with Crippen LogP contribution in [0.4, 0.5) is 10.1 Å². The SMILES string of the molecule is CC(C)Oc1ccc(F)c(Cl)c1N. The molecule has 2 nitrogen and oxygen atoms in total. The summed E-state index contributed by atoms with van der Waals surface area (Å²) in [5.74, 6) is -0.114. The predicted octanol–water partition coefficient (Wildman–Crippen LogP) is 2.85. The van der Waals surface area contributed by atoms with Crippen LogP contribution in [0.5, 0.6) is 5.75 Å². The summed E-state index contributed by atoms with van der Waals surface area (Å²) in [6, 6.07) is 2.70. The van der Waals surface area contributed by atoms with Crippen molar-refractivity contribution >= 4 is 17.3 Å². The van der Waals surface area contributed by atoms with Crippen molar-refractivity contribution in [1.82, 2.24) is 0 Å². The molecule has 0 saturated heterocycles. The number of nitrogen functional groups attached to an aromatic ring is 1. The van der Waals surface area contributed by atoms with Crippen molar-refractivity contribution in [2.24, 2.45) is 0 Å². The fourth-order valence-electron chi connectivity index (χ4n) is 0.905. The van der Waals surface area contributed by atoms with E-state index in [1.165, 1.54) is 12.1 Å². The third-order valence-corrected chi connectivity index (χ3v) is 1.84. The molecule has 0 aliphatic rings. The highest BCUT2D eigenvalue weighted by Crippen LogP contribution is 2.31. The summed E-state index contributed by atoms with van der Waals surface area (Å²) in [6.45, 7) is 3.72. The Balaban J connectivity index is 3.04. The van der Waals surface area contributed by atoms with E-state index in [1.807, 2.05) is 13.8 Å². The first-order chi connectivity index (χ1) is 6.02. The highest BCUT2D eigenvalue weighted by Gasteiger charge is 2.10. The molecule has 1 aromatic rings. The van der Waals surface area contributed by atoms with Gasteiger partial charge in [0, 0.05) is 0 Å². The average molecular weight is 204 g/mol. The van der Waals surface area contributed by atoms with Gasteiger partial charge in [0.1, 0.15) is 16.6 Å². The van der Waals surface area contributed by atoms with Gasteiger partial charge in [-0.1, -0.05) is 11.6 Å². The molecule has 0 aliphatic heterocycles. The number of anilines is 1. The Morgan fingerprint density at radius 2 is 2.08 bits per heavy atom. The summed E-state index contributed by atoms with van der Waals surface area (Å²) < 4.78 is 18.1.